The molecule has 1 aliphatic heterocycles. The topological polar surface area (TPSA) is 74.2 Å². The highest BCUT2D eigenvalue weighted by Gasteiger charge is 2.19. The predicted octanol–water partition coefficient (Wildman–Crippen LogP) is 1.43. The summed E-state index contributed by atoms with van der Waals surface area (Å²) >= 11 is 0. The van der Waals surface area contributed by atoms with Crippen molar-refractivity contribution in [3.05, 3.63) is 29.6 Å². The number of carbonyl (C=O) groups is 1. The number of hydrogen-bond donors (Lipinski definition) is 2. The van der Waals surface area contributed by atoms with E-state index < -0.39 is 5.82 Å². The van der Waals surface area contributed by atoms with Crippen LogP contribution in [0.1, 0.15) is 12.5 Å². The molecule has 0 atom stereocenters. The number of urea groups is 1. The van der Waals surface area contributed by atoms with Crippen LogP contribution in [0.5, 0.6) is 5.75 Å². The van der Waals surface area contributed by atoms with E-state index in [0.29, 0.717) is 36.7 Å². The molecule has 1 aliphatic rings. The van der Waals surface area contributed by atoms with Gasteiger partial charge in [0, 0.05) is 24.7 Å². The van der Waals surface area contributed by atoms with Gasteiger partial charge in [-0.15, -0.1) is 0 Å². The van der Waals surface area contributed by atoms with Crippen molar-refractivity contribution in [1.29, 1.82) is 0 Å². The molecule has 1 heterocycles. The van der Waals surface area contributed by atoms with Gasteiger partial charge in [-0.2, -0.15) is 0 Å². The third-order valence-corrected chi connectivity index (χ3v) is 3.05. The van der Waals surface area contributed by atoms with Gasteiger partial charge in [0.25, 0.3) is 0 Å². The third-order valence-electron chi connectivity index (χ3n) is 3.05. The number of benzene rings is 1. The van der Waals surface area contributed by atoms with E-state index in [1.165, 1.54) is 18.2 Å². The lowest BCUT2D eigenvalue weighted by Crippen LogP contribution is -2.32. The van der Waals surface area contributed by atoms with E-state index in [1.54, 1.807) is 11.8 Å². The predicted molar refractivity (Wildman–Crippen MR) is 70.9 cm³/mol. The highest BCUT2D eigenvalue weighted by molar-refractivity contribution is 6.00. The number of amides is 2. The van der Waals surface area contributed by atoms with Crippen LogP contribution in [0.25, 0.3) is 0 Å². The molecule has 20 heavy (non-hydrogen) atoms. The Bertz CT molecular complexity index is 534. The first-order chi connectivity index (χ1) is 9.61. The van der Waals surface area contributed by atoms with Gasteiger partial charge in [-0.3, -0.25) is 0 Å². The molecule has 1 fully saturated rings. The lowest BCUT2D eigenvalue weighted by Gasteiger charge is -2.16. The lowest BCUT2D eigenvalue weighted by molar-refractivity contribution is 0.202. The van der Waals surface area contributed by atoms with Crippen molar-refractivity contribution < 1.29 is 19.1 Å². The van der Waals surface area contributed by atoms with Crippen LogP contribution in [0, 0.1) is 5.82 Å². The fourth-order valence-corrected chi connectivity index (χ4v) is 1.96. The second-order valence-electron chi connectivity index (χ2n) is 4.39. The first kappa shape index (κ1) is 14.1. The van der Waals surface area contributed by atoms with Gasteiger partial charge >= 0.3 is 6.03 Å². The molecular formula is C13H16FN3O3. The Balaban J connectivity index is 2.01. The summed E-state index contributed by atoms with van der Waals surface area (Å²) in [6.07, 6.45) is 0. The average Bonchev–Trinajstić information content (AvgIpc) is 2.84. The molecule has 0 unspecified atom stereocenters. The molecule has 0 aromatic heterocycles. The maximum Gasteiger partial charge on any atom is 0.317 e. The Morgan fingerprint density at radius 2 is 2.40 bits per heavy atom. The zero-order valence-electron chi connectivity index (χ0n) is 11.1. The molecule has 108 valence electrons. The van der Waals surface area contributed by atoms with Crippen LogP contribution >= 0.6 is 0 Å². The number of nitrogens with one attached hydrogen (secondary N) is 1. The van der Waals surface area contributed by atoms with Crippen LogP contribution in [0.4, 0.5) is 9.18 Å². The molecule has 6 nitrogen and oxygen atoms in total. The number of carbonyl (C=O) groups excluding carboxylic acids is 1. The Kier molecular flexibility index (Phi) is 4.39. The molecule has 0 spiro atoms. The number of ether oxygens (including phenoxy) is 1. The van der Waals surface area contributed by atoms with Gasteiger partial charge in [-0.25, -0.2) is 9.18 Å². The molecule has 1 aromatic rings. The first-order valence-electron chi connectivity index (χ1n) is 6.26. The monoisotopic (exact) mass is 281 g/mol. The highest BCUT2D eigenvalue weighted by Crippen LogP contribution is 2.21. The largest absolute Gasteiger partial charge is 0.491 e. The summed E-state index contributed by atoms with van der Waals surface area (Å²) in [5.74, 6) is -0.145. The minimum absolute atomic E-state index is 0.124. The van der Waals surface area contributed by atoms with Crippen molar-refractivity contribution in [2.24, 2.45) is 5.16 Å². The van der Waals surface area contributed by atoms with Gasteiger partial charge < -0.3 is 20.2 Å². The molecule has 2 amide bonds. The van der Waals surface area contributed by atoms with Gasteiger partial charge in [0.05, 0.1) is 12.3 Å². The normalized spacial score (nSPS) is 15.4. The highest BCUT2D eigenvalue weighted by atomic mass is 19.1. The number of rotatable bonds is 5. The summed E-state index contributed by atoms with van der Waals surface area (Å²) in [5.41, 5.74) is 0.846. The van der Waals surface area contributed by atoms with Crippen LogP contribution in [0.2, 0.25) is 0 Å². The summed E-state index contributed by atoms with van der Waals surface area (Å²) in [7, 11) is 0. The Labute approximate surface area is 115 Å². The smallest absolute Gasteiger partial charge is 0.317 e. The van der Waals surface area contributed by atoms with Crippen molar-refractivity contribution in [2.45, 2.75) is 6.92 Å². The zero-order chi connectivity index (χ0) is 14.5. The summed E-state index contributed by atoms with van der Waals surface area (Å²) < 4.78 is 18.7. The van der Waals surface area contributed by atoms with E-state index in [1.807, 2.05) is 0 Å². The zero-order valence-corrected chi connectivity index (χ0v) is 11.1. The van der Waals surface area contributed by atoms with E-state index in [2.05, 4.69) is 10.5 Å². The summed E-state index contributed by atoms with van der Waals surface area (Å²) in [6, 6.07) is 3.86. The van der Waals surface area contributed by atoms with Crippen molar-refractivity contribution in [3.8, 4) is 5.75 Å². The SMILES string of the molecule is CC(=NO)c1ccc(F)cc1OCCN1CCNC1=O. The molecular weight excluding hydrogens is 265 g/mol. The van der Waals surface area contributed by atoms with E-state index in [4.69, 9.17) is 9.94 Å². The minimum Gasteiger partial charge on any atom is -0.491 e. The van der Waals surface area contributed by atoms with Crippen LogP contribution in [-0.2, 0) is 0 Å². The van der Waals surface area contributed by atoms with E-state index in [0.717, 1.165) is 0 Å². The summed E-state index contributed by atoms with van der Waals surface area (Å²) in [5, 5.41) is 14.6. The number of hydrogen-bond acceptors (Lipinski definition) is 4. The van der Waals surface area contributed by atoms with Crippen LogP contribution in [-0.4, -0.2) is 48.1 Å². The molecule has 0 saturated carbocycles. The third kappa shape index (κ3) is 3.17. The number of oxime groups is 1. The van der Waals surface area contributed by atoms with E-state index in [9.17, 15) is 9.18 Å². The molecule has 2 rings (SSSR count). The van der Waals surface area contributed by atoms with E-state index in [-0.39, 0.29) is 12.6 Å². The Morgan fingerprint density at radius 1 is 1.60 bits per heavy atom. The Hall–Kier alpha value is -2.31. The standard InChI is InChI=1S/C13H16FN3O3/c1-9(16-19)11-3-2-10(14)8-12(11)20-7-6-17-5-4-15-13(17)18/h2-3,8,19H,4-7H2,1H3,(H,15,18). The van der Waals surface area contributed by atoms with Gasteiger partial charge in [0.1, 0.15) is 18.2 Å². The Morgan fingerprint density at radius 3 is 3.05 bits per heavy atom. The van der Waals surface area contributed by atoms with Gasteiger partial charge in [-0.1, -0.05) is 5.16 Å². The first-order valence-corrected chi connectivity index (χ1v) is 6.26. The van der Waals surface area contributed by atoms with Gasteiger partial charge in [0.15, 0.2) is 0 Å². The van der Waals surface area contributed by atoms with E-state index >= 15 is 0 Å². The van der Waals surface area contributed by atoms with Crippen molar-refractivity contribution in [2.75, 3.05) is 26.2 Å². The van der Waals surface area contributed by atoms with Gasteiger partial charge in [0.2, 0.25) is 0 Å². The van der Waals surface area contributed by atoms with Crippen LogP contribution in [0.3, 0.4) is 0 Å². The van der Waals surface area contributed by atoms with Gasteiger partial charge in [-0.05, 0) is 19.1 Å². The van der Waals surface area contributed by atoms with Crippen LogP contribution < -0.4 is 10.1 Å². The van der Waals surface area contributed by atoms with Crippen molar-refractivity contribution in [3.63, 3.8) is 0 Å². The summed E-state index contributed by atoms with van der Waals surface area (Å²) in [6.45, 7) is 3.50. The second-order valence-corrected chi connectivity index (χ2v) is 4.39. The molecule has 1 saturated heterocycles. The van der Waals surface area contributed by atoms with Crippen molar-refractivity contribution in [1.82, 2.24) is 10.2 Å². The minimum atomic E-state index is -0.437. The fourth-order valence-electron chi connectivity index (χ4n) is 1.96. The number of nitrogens with zero attached hydrogens (tertiary/aromatic N) is 2. The lowest BCUT2D eigenvalue weighted by atomic mass is 10.1. The number of halogens is 1. The second kappa shape index (κ2) is 6.23. The quantitative estimate of drug-likeness (QED) is 0.487. The molecule has 0 aliphatic carbocycles. The molecule has 0 bridgehead atoms. The maximum absolute atomic E-state index is 13.2. The molecule has 2 N–H and O–H groups in total. The molecule has 0 radical (unpaired) electrons. The fraction of sp³-hybridized carbons (Fsp3) is 0.385. The van der Waals surface area contributed by atoms with Crippen LogP contribution in [0.15, 0.2) is 23.4 Å². The molecule has 7 heteroatoms. The summed E-state index contributed by atoms with van der Waals surface area (Å²) in [4.78, 5) is 13.0. The van der Waals surface area contributed by atoms with Crippen molar-refractivity contribution >= 4 is 11.7 Å². The maximum atomic E-state index is 13.2. The molecule has 1 aromatic carbocycles. The average molecular weight is 281 g/mol.